The second-order valence-electron chi connectivity index (χ2n) is 7.16. The normalized spacial score (nSPS) is 13.6. The minimum atomic E-state index is -0.386. The van der Waals surface area contributed by atoms with Crippen molar-refractivity contribution in [1.29, 1.82) is 0 Å². The van der Waals surface area contributed by atoms with Crippen LogP contribution >= 0.6 is 0 Å². The second kappa shape index (κ2) is 7.14. The van der Waals surface area contributed by atoms with Gasteiger partial charge in [0.15, 0.2) is 0 Å². The number of aryl methyl sites for hydroxylation is 2. The Kier molecular flexibility index (Phi) is 4.66. The molecule has 0 aliphatic carbocycles. The predicted octanol–water partition coefficient (Wildman–Crippen LogP) is 2.66. The third-order valence-corrected chi connectivity index (χ3v) is 5.59. The van der Waals surface area contributed by atoms with Crippen molar-refractivity contribution in [2.45, 2.75) is 39.7 Å². The fourth-order valence-electron chi connectivity index (χ4n) is 3.90. The lowest BCUT2D eigenvalue weighted by Crippen LogP contribution is -2.36. The zero-order valence-electron chi connectivity index (χ0n) is 16.3. The molecule has 0 unspecified atom stereocenters. The molecule has 7 heteroatoms. The van der Waals surface area contributed by atoms with E-state index in [1.807, 2.05) is 30.9 Å². The second-order valence-corrected chi connectivity index (χ2v) is 7.16. The van der Waals surface area contributed by atoms with Crippen molar-refractivity contribution < 1.29 is 13.9 Å². The molecule has 1 N–H and O–H groups in total. The van der Waals surface area contributed by atoms with Crippen molar-refractivity contribution in [3.8, 4) is 5.75 Å². The highest BCUT2D eigenvalue weighted by Gasteiger charge is 2.23. The van der Waals surface area contributed by atoms with E-state index in [0.717, 1.165) is 34.3 Å². The summed E-state index contributed by atoms with van der Waals surface area (Å²) in [6.07, 6.45) is 3.05. The maximum atomic E-state index is 12.7. The van der Waals surface area contributed by atoms with Crippen LogP contribution < -0.4 is 10.4 Å². The van der Waals surface area contributed by atoms with Crippen LogP contribution in [0.3, 0.4) is 0 Å². The number of carbonyl (C=O) groups is 1. The van der Waals surface area contributed by atoms with Gasteiger partial charge < -0.3 is 19.0 Å². The zero-order chi connectivity index (χ0) is 19.8. The highest BCUT2D eigenvalue weighted by molar-refractivity contribution is 5.86. The van der Waals surface area contributed by atoms with E-state index in [1.165, 1.54) is 0 Å². The molecule has 2 aromatic heterocycles. The molecule has 0 radical (unpaired) electrons. The zero-order valence-corrected chi connectivity index (χ0v) is 16.3. The lowest BCUT2D eigenvalue weighted by molar-refractivity contribution is -0.132. The lowest BCUT2D eigenvalue weighted by atomic mass is 10.00. The quantitative estimate of drug-likeness (QED) is 0.702. The first-order chi connectivity index (χ1) is 13.5. The van der Waals surface area contributed by atoms with Gasteiger partial charge in [-0.05, 0) is 38.0 Å². The van der Waals surface area contributed by atoms with Gasteiger partial charge in [0.1, 0.15) is 11.3 Å². The van der Waals surface area contributed by atoms with E-state index in [0.29, 0.717) is 36.4 Å². The minimum absolute atomic E-state index is 0.0325. The van der Waals surface area contributed by atoms with Crippen LogP contribution in [0.1, 0.15) is 34.5 Å². The number of aromatic amines is 1. The highest BCUT2D eigenvalue weighted by atomic mass is 16.5. The minimum Gasteiger partial charge on any atom is -0.496 e. The largest absolute Gasteiger partial charge is 0.496 e. The number of nitrogens with one attached hydrogen (secondary N) is 1. The van der Waals surface area contributed by atoms with E-state index in [9.17, 15) is 9.59 Å². The number of hydrogen-bond donors (Lipinski definition) is 1. The number of rotatable bonds is 4. The van der Waals surface area contributed by atoms with Gasteiger partial charge in [-0.25, -0.2) is 9.78 Å². The van der Waals surface area contributed by atoms with Crippen LogP contribution in [0, 0.1) is 13.8 Å². The summed E-state index contributed by atoms with van der Waals surface area (Å²) in [5, 5.41) is 0.875. The van der Waals surface area contributed by atoms with Crippen LogP contribution in [-0.2, 0) is 24.2 Å². The lowest BCUT2D eigenvalue weighted by Gasteiger charge is -2.26. The third kappa shape index (κ3) is 3.06. The molecule has 1 aromatic carbocycles. The summed E-state index contributed by atoms with van der Waals surface area (Å²) in [4.78, 5) is 34.4. The van der Waals surface area contributed by atoms with Gasteiger partial charge >= 0.3 is 5.63 Å². The van der Waals surface area contributed by atoms with Gasteiger partial charge in [0.05, 0.1) is 31.4 Å². The number of imidazole rings is 1. The van der Waals surface area contributed by atoms with Crippen LogP contribution in [0.5, 0.6) is 5.75 Å². The molecule has 0 fully saturated rings. The number of methoxy groups -OCH3 is 1. The van der Waals surface area contributed by atoms with Crippen molar-refractivity contribution in [3.63, 3.8) is 0 Å². The van der Waals surface area contributed by atoms with Crippen LogP contribution in [-0.4, -0.2) is 34.4 Å². The molecule has 1 aliphatic heterocycles. The fourth-order valence-corrected chi connectivity index (χ4v) is 3.90. The average Bonchev–Trinajstić information content (AvgIpc) is 3.16. The first-order valence-corrected chi connectivity index (χ1v) is 9.38. The maximum Gasteiger partial charge on any atom is 0.339 e. The number of aromatic nitrogens is 2. The topological polar surface area (TPSA) is 88.4 Å². The molecule has 0 saturated heterocycles. The molecule has 1 aliphatic rings. The number of benzene rings is 1. The molecule has 3 aromatic rings. The van der Waals surface area contributed by atoms with Crippen LogP contribution in [0.4, 0.5) is 0 Å². The van der Waals surface area contributed by atoms with Crippen molar-refractivity contribution in [1.82, 2.24) is 14.9 Å². The van der Waals surface area contributed by atoms with Gasteiger partial charge in [-0.1, -0.05) is 0 Å². The summed E-state index contributed by atoms with van der Waals surface area (Å²) in [6.45, 7) is 4.97. The number of H-pyrrole nitrogens is 1. The number of fused-ring (bicyclic) bond motifs is 2. The Morgan fingerprint density at radius 1 is 1.32 bits per heavy atom. The number of nitrogens with zero attached hydrogens (tertiary/aromatic N) is 2. The summed E-state index contributed by atoms with van der Waals surface area (Å²) in [6, 6.07) is 3.77. The highest BCUT2D eigenvalue weighted by Crippen LogP contribution is 2.29. The SMILES string of the molecule is COc1ccc2c(C)c(CCC(=O)N3CCc4nc[nH]c4C3)c(=O)oc2c1C. The molecule has 28 heavy (non-hydrogen) atoms. The van der Waals surface area contributed by atoms with Gasteiger partial charge in [0, 0.05) is 35.9 Å². The molecule has 146 valence electrons. The van der Waals surface area contributed by atoms with E-state index in [1.54, 1.807) is 13.4 Å². The Hall–Kier alpha value is -3.09. The summed E-state index contributed by atoms with van der Waals surface area (Å²) < 4.78 is 10.9. The van der Waals surface area contributed by atoms with Crippen molar-refractivity contribution in [3.05, 3.63) is 57.0 Å². The van der Waals surface area contributed by atoms with Crippen molar-refractivity contribution in [2.75, 3.05) is 13.7 Å². The Morgan fingerprint density at radius 3 is 2.93 bits per heavy atom. The monoisotopic (exact) mass is 381 g/mol. The average molecular weight is 381 g/mol. The molecule has 0 bridgehead atoms. The number of hydrogen-bond acceptors (Lipinski definition) is 5. The van der Waals surface area contributed by atoms with E-state index in [4.69, 9.17) is 9.15 Å². The summed E-state index contributed by atoms with van der Waals surface area (Å²) in [5.41, 5.74) is 4.39. The van der Waals surface area contributed by atoms with E-state index >= 15 is 0 Å². The Bertz CT molecular complexity index is 1110. The maximum absolute atomic E-state index is 12.7. The van der Waals surface area contributed by atoms with Crippen molar-refractivity contribution >= 4 is 16.9 Å². The molecule has 0 saturated carbocycles. The van der Waals surface area contributed by atoms with Crippen LogP contribution in [0.15, 0.2) is 27.7 Å². The number of carbonyl (C=O) groups excluding carboxylic acids is 1. The molecule has 3 heterocycles. The number of ether oxygens (including phenoxy) is 1. The first-order valence-electron chi connectivity index (χ1n) is 9.38. The van der Waals surface area contributed by atoms with E-state index in [2.05, 4.69) is 9.97 Å². The smallest absolute Gasteiger partial charge is 0.339 e. The summed E-state index contributed by atoms with van der Waals surface area (Å²) in [5.74, 6) is 0.714. The van der Waals surface area contributed by atoms with Gasteiger partial charge in [-0.3, -0.25) is 4.79 Å². The Labute approximate surface area is 162 Å². The van der Waals surface area contributed by atoms with Gasteiger partial charge in [-0.15, -0.1) is 0 Å². The predicted molar refractivity (Wildman–Crippen MR) is 105 cm³/mol. The molecule has 1 amide bonds. The first kappa shape index (κ1) is 18.3. The van der Waals surface area contributed by atoms with Gasteiger partial charge in [-0.2, -0.15) is 0 Å². The molecule has 0 spiro atoms. The molecular weight excluding hydrogens is 358 g/mol. The summed E-state index contributed by atoms with van der Waals surface area (Å²) >= 11 is 0. The van der Waals surface area contributed by atoms with E-state index in [-0.39, 0.29) is 18.0 Å². The molecular formula is C21H23N3O4. The molecule has 4 rings (SSSR count). The number of amides is 1. The van der Waals surface area contributed by atoms with E-state index < -0.39 is 0 Å². The standard InChI is InChI=1S/C21H23N3O4/c1-12-14-4-6-18(27-3)13(2)20(14)28-21(26)15(12)5-7-19(25)24-9-8-16-17(10-24)23-11-22-16/h4,6,11H,5,7-10H2,1-3H3,(H,22,23). The van der Waals surface area contributed by atoms with Gasteiger partial charge in [0.2, 0.25) is 5.91 Å². The van der Waals surface area contributed by atoms with Gasteiger partial charge in [0.25, 0.3) is 0 Å². The Balaban J connectivity index is 1.55. The van der Waals surface area contributed by atoms with Crippen LogP contribution in [0.25, 0.3) is 11.0 Å². The molecule has 0 atom stereocenters. The molecule has 7 nitrogen and oxygen atoms in total. The summed E-state index contributed by atoms with van der Waals surface area (Å²) in [7, 11) is 1.59. The van der Waals surface area contributed by atoms with Crippen LogP contribution in [0.2, 0.25) is 0 Å². The Morgan fingerprint density at radius 2 is 2.14 bits per heavy atom. The third-order valence-electron chi connectivity index (χ3n) is 5.59. The van der Waals surface area contributed by atoms with Crippen molar-refractivity contribution in [2.24, 2.45) is 0 Å². The fraction of sp³-hybridized carbons (Fsp3) is 0.381.